The molecular weight excluding hydrogens is 322 g/mol. The predicted octanol–water partition coefficient (Wildman–Crippen LogP) is 1.55. The molecular formula is C18H31N3O4. The molecule has 142 valence electrons. The van der Waals surface area contributed by atoms with Crippen molar-refractivity contribution in [2.45, 2.75) is 33.7 Å². The van der Waals surface area contributed by atoms with Crippen LogP contribution in [0.3, 0.4) is 0 Å². The monoisotopic (exact) mass is 353 g/mol. The van der Waals surface area contributed by atoms with Gasteiger partial charge >= 0.3 is 11.9 Å². The van der Waals surface area contributed by atoms with Gasteiger partial charge in [-0.25, -0.2) is 4.79 Å². The number of carbonyl (C=O) groups excluding carboxylic acids is 1. The van der Waals surface area contributed by atoms with Crippen LogP contribution in [-0.2, 0) is 14.3 Å². The van der Waals surface area contributed by atoms with Crippen molar-refractivity contribution in [2.24, 2.45) is 5.73 Å². The largest absolute Gasteiger partial charge is 0.480 e. The van der Waals surface area contributed by atoms with Gasteiger partial charge in [-0.1, -0.05) is 12.1 Å². The molecule has 25 heavy (non-hydrogen) atoms. The van der Waals surface area contributed by atoms with Crippen molar-refractivity contribution in [1.82, 2.24) is 4.90 Å². The van der Waals surface area contributed by atoms with Crippen LogP contribution in [-0.4, -0.2) is 61.8 Å². The van der Waals surface area contributed by atoms with Crippen LogP contribution in [0.4, 0.5) is 5.69 Å². The molecule has 1 rings (SSSR count). The Labute approximate surface area is 150 Å². The Bertz CT molecular complexity index is 574. The molecule has 7 heteroatoms. The highest BCUT2D eigenvalue weighted by atomic mass is 16.5. The molecule has 1 atom stereocenters. The lowest BCUT2D eigenvalue weighted by molar-refractivity contribution is -0.144. The van der Waals surface area contributed by atoms with E-state index in [9.17, 15) is 9.59 Å². The van der Waals surface area contributed by atoms with E-state index >= 15 is 0 Å². The van der Waals surface area contributed by atoms with Gasteiger partial charge in [0.05, 0.1) is 6.54 Å². The van der Waals surface area contributed by atoms with Crippen LogP contribution in [0.25, 0.3) is 0 Å². The Kier molecular flexibility index (Phi) is 10.5. The molecule has 0 saturated heterocycles. The molecule has 0 aliphatic rings. The minimum atomic E-state index is -0.968. The van der Waals surface area contributed by atoms with Crippen molar-refractivity contribution in [3.8, 4) is 0 Å². The number of nitrogens with zero attached hydrogens (tertiary/aromatic N) is 1. The van der Waals surface area contributed by atoms with Gasteiger partial charge in [0.15, 0.2) is 0 Å². The van der Waals surface area contributed by atoms with E-state index in [4.69, 9.17) is 9.84 Å². The number of hydrogen-bond donors (Lipinski definition) is 3. The zero-order valence-electron chi connectivity index (χ0n) is 16.0. The van der Waals surface area contributed by atoms with Crippen LogP contribution < -0.4 is 11.1 Å². The molecule has 1 aromatic carbocycles. The molecule has 0 bridgehead atoms. The van der Waals surface area contributed by atoms with Crippen LogP contribution in [0.5, 0.6) is 0 Å². The summed E-state index contributed by atoms with van der Waals surface area (Å²) in [5.41, 5.74) is 9.13. The number of aryl methyl sites for hydroxylation is 2. The maximum absolute atomic E-state index is 11.9. The van der Waals surface area contributed by atoms with Crippen molar-refractivity contribution in [2.75, 3.05) is 39.1 Å². The third-order valence-electron chi connectivity index (χ3n) is 3.62. The van der Waals surface area contributed by atoms with Crippen molar-refractivity contribution >= 4 is 17.6 Å². The van der Waals surface area contributed by atoms with Gasteiger partial charge in [-0.2, -0.15) is 0 Å². The van der Waals surface area contributed by atoms with E-state index < -0.39 is 5.97 Å². The minimum Gasteiger partial charge on any atom is -0.480 e. The standard InChI is InChI=1S/C16H26N2O2.C2H5NO2/c1-11-7-8-12(2)15(13(11)3)17-14(4)16(19)20-10-9-18(5)6;3-1-2(4)5/h7-8,14,17H,9-10H2,1-6H3;1,3H2,(H,4,5)/t14-;/m0./s1. The molecule has 0 fully saturated rings. The normalized spacial score (nSPS) is 11.4. The molecule has 1 aromatic rings. The smallest absolute Gasteiger partial charge is 0.328 e. The van der Waals surface area contributed by atoms with Gasteiger partial charge in [-0.15, -0.1) is 0 Å². The molecule has 0 aliphatic carbocycles. The van der Waals surface area contributed by atoms with Gasteiger partial charge in [0.25, 0.3) is 0 Å². The number of carboxylic acid groups (broad SMARTS) is 1. The number of rotatable bonds is 7. The zero-order valence-corrected chi connectivity index (χ0v) is 16.0. The fraction of sp³-hybridized carbons (Fsp3) is 0.556. The summed E-state index contributed by atoms with van der Waals surface area (Å²) in [5.74, 6) is -1.18. The Morgan fingerprint density at radius 3 is 2.24 bits per heavy atom. The molecule has 0 radical (unpaired) electrons. The summed E-state index contributed by atoms with van der Waals surface area (Å²) in [5, 5.41) is 10.9. The van der Waals surface area contributed by atoms with E-state index in [2.05, 4.69) is 37.0 Å². The van der Waals surface area contributed by atoms with Crippen LogP contribution in [0.15, 0.2) is 12.1 Å². The van der Waals surface area contributed by atoms with E-state index in [1.807, 2.05) is 32.8 Å². The number of likely N-dealkylation sites (N-methyl/N-ethyl adjacent to an activating group) is 1. The number of benzene rings is 1. The van der Waals surface area contributed by atoms with Crippen molar-refractivity contribution in [1.29, 1.82) is 0 Å². The van der Waals surface area contributed by atoms with Gasteiger partial charge < -0.3 is 25.8 Å². The van der Waals surface area contributed by atoms with Crippen LogP contribution >= 0.6 is 0 Å². The van der Waals surface area contributed by atoms with Crippen LogP contribution in [0, 0.1) is 20.8 Å². The second-order valence-electron chi connectivity index (χ2n) is 6.13. The lowest BCUT2D eigenvalue weighted by Gasteiger charge is -2.19. The number of carbonyl (C=O) groups is 2. The molecule has 0 heterocycles. The second kappa shape index (κ2) is 11.4. The summed E-state index contributed by atoms with van der Waals surface area (Å²) in [4.78, 5) is 23.2. The predicted molar refractivity (Wildman–Crippen MR) is 99.9 cm³/mol. The Balaban J connectivity index is 0.00000101. The first-order valence-electron chi connectivity index (χ1n) is 8.16. The van der Waals surface area contributed by atoms with E-state index in [1.165, 1.54) is 11.1 Å². The third-order valence-corrected chi connectivity index (χ3v) is 3.62. The molecule has 0 amide bonds. The number of carboxylic acids is 1. The molecule has 0 unspecified atom stereocenters. The highest BCUT2D eigenvalue weighted by Gasteiger charge is 2.16. The number of ether oxygens (including phenoxy) is 1. The second-order valence-corrected chi connectivity index (χ2v) is 6.13. The summed E-state index contributed by atoms with van der Waals surface area (Å²) in [6, 6.07) is 3.81. The zero-order chi connectivity index (χ0) is 19.6. The molecule has 7 nitrogen and oxygen atoms in total. The van der Waals surface area contributed by atoms with Crippen molar-refractivity contribution < 1.29 is 19.4 Å². The number of nitrogens with one attached hydrogen (secondary N) is 1. The average Bonchev–Trinajstić information content (AvgIpc) is 2.55. The quantitative estimate of drug-likeness (QED) is 0.639. The minimum absolute atomic E-state index is 0.216. The van der Waals surface area contributed by atoms with Crippen molar-refractivity contribution in [3.63, 3.8) is 0 Å². The van der Waals surface area contributed by atoms with E-state index in [1.54, 1.807) is 0 Å². The van der Waals surface area contributed by atoms with Gasteiger partial charge in [-0.05, 0) is 58.5 Å². The van der Waals surface area contributed by atoms with Gasteiger partial charge in [-0.3, -0.25) is 4.79 Å². The van der Waals surface area contributed by atoms with E-state index in [0.717, 1.165) is 17.8 Å². The lowest BCUT2D eigenvalue weighted by atomic mass is 10.0. The summed E-state index contributed by atoms with van der Waals surface area (Å²) < 4.78 is 5.25. The third kappa shape index (κ3) is 9.07. The van der Waals surface area contributed by atoms with Gasteiger partial charge in [0.1, 0.15) is 12.6 Å². The summed E-state index contributed by atoms with van der Waals surface area (Å²) >= 11 is 0. The average molecular weight is 353 g/mol. The number of esters is 1. The van der Waals surface area contributed by atoms with Crippen LogP contribution in [0.1, 0.15) is 23.6 Å². The molecule has 0 aliphatic heterocycles. The topological polar surface area (TPSA) is 105 Å². The molecule has 0 aromatic heterocycles. The fourth-order valence-electron chi connectivity index (χ4n) is 1.90. The summed E-state index contributed by atoms with van der Waals surface area (Å²) in [6.07, 6.45) is 0. The van der Waals surface area contributed by atoms with E-state index in [0.29, 0.717) is 6.61 Å². The molecule has 0 saturated carbocycles. The number of nitrogens with two attached hydrogens (primary N) is 1. The highest BCUT2D eigenvalue weighted by Crippen LogP contribution is 2.23. The molecule has 4 N–H and O–H groups in total. The maximum Gasteiger partial charge on any atom is 0.328 e. The Morgan fingerprint density at radius 1 is 1.24 bits per heavy atom. The Hall–Kier alpha value is -2.12. The Morgan fingerprint density at radius 2 is 1.76 bits per heavy atom. The van der Waals surface area contributed by atoms with E-state index in [-0.39, 0.29) is 18.6 Å². The summed E-state index contributed by atoms with van der Waals surface area (Å²) in [7, 11) is 3.91. The highest BCUT2D eigenvalue weighted by molar-refractivity contribution is 5.79. The first-order valence-corrected chi connectivity index (χ1v) is 8.16. The SMILES string of the molecule is Cc1ccc(C)c(N[C@@H](C)C(=O)OCCN(C)C)c1C.NCC(=O)O. The van der Waals surface area contributed by atoms with Crippen LogP contribution in [0.2, 0.25) is 0 Å². The van der Waals surface area contributed by atoms with Gasteiger partial charge in [0, 0.05) is 12.2 Å². The maximum atomic E-state index is 11.9. The lowest BCUT2D eigenvalue weighted by Crippen LogP contribution is -2.31. The molecule has 0 spiro atoms. The number of aliphatic carboxylic acids is 1. The first-order chi connectivity index (χ1) is 11.6. The van der Waals surface area contributed by atoms with Crippen molar-refractivity contribution in [3.05, 3.63) is 28.8 Å². The number of anilines is 1. The first kappa shape index (κ1) is 22.9. The summed E-state index contributed by atoms with van der Waals surface area (Å²) in [6.45, 7) is 8.89. The number of hydrogen-bond acceptors (Lipinski definition) is 6. The fourth-order valence-corrected chi connectivity index (χ4v) is 1.90. The van der Waals surface area contributed by atoms with Gasteiger partial charge in [0.2, 0.25) is 0 Å².